The number of aromatic nitrogens is 2. The molecule has 0 fully saturated rings. The molecule has 0 aliphatic carbocycles. The quantitative estimate of drug-likeness (QED) is 0.796. The van der Waals surface area contributed by atoms with Gasteiger partial charge in [-0.1, -0.05) is 6.07 Å². The summed E-state index contributed by atoms with van der Waals surface area (Å²) in [5.74, 6) is -0.184. The number of carbonyl (C=O) groups is 1. The Kier molecular flexibility index (Phi) is 3.36. The van der Waals surface area contributed by atoms with Gasteiger partial charge in [-0.25, -0.2) is 4.98 Å². The minimum atomic E-state index is -0.184. The Morgan fingerprint density at radius 3 is 2.76 bits per heavy atom. The monoisotopic (exact) mass is 276 g/mol. The number of hydrogen-bond donors (Lipinski definition) is 1. The van der Waals surface area contributed by atoms with Gasteiger partial charge in [0.2, 0.25) is 0 Å². The van der Waals surface area contributed by atoms with E-state index in [0.717, 1.165) is 11.3 Å². The second-order valence-electron chi connectivity index (χ2n) is 4.57. The maximum atomic E-state index is 12.0. The summed E-state index contributed by atoms with van der Waals surface area (Å²) in [6.45, 7) is 0.362. The normalized spacial score (nSPS) is 10.2. The fraction of sp³-hybridized carbons (Fsp3) is 0.0625. The first-order valence-corrected chi connectivity index (χ1v) is 6.47. The maximum Gasteiger partial charge on any atom is 0.251 e. The molecule has 0 bridgehead atoms. The predicted molar refractivity (Wildman–Crippen MR) is 77.5 cm³/mol. The van der Waals surface area contributed by atoms with E-state index in [-0.39, 0.29) is 5.91 Å². The number of nitrogens with zero attached hydrogens (tertiary/aromatic N) is 3. The second-order valence-corrected chi connectivity index (χ2v) is 4.57. The standard InChI is InChI=1S/C16H12N4O/c17-9-12-4-6-13(7-5-12)16(21)18-10-14-11-20-8-2-1-3-15(20)19-14/h1-8,11H,10H2,(H,18,21). The van der Waals surface area contributed by atoms with Gasteiger partial charge in [-0.15, -0.1) is 0 Å². The average Bonchev–Trinajstić information content (AvgIpc) is 2.95. The van der Waals surface area contributed by atoms with Crippen LogP contribution in [0.1, 0.15) is 21.6 Å². The van der Waals surface area contributed by atoms with E-state index in [9.17, 15) is 4.79 Å². The molecule has 2 aromatic heterocycles. The first kappa shape index (κ1) is 12.9. The van der Waals surface area contributed by atoms with E-state index in [2.05, 4.69) is 10.3 Å². The Hall–Kier alpha value is -3.13. The number of carbonyl (C=O) groups excluding carboxylic acids is 1. The zero-order valence-corrected chi connectivity index (χ0v) is 11.2. The summed E-state index contributed by atoms with van der Waals surface area (Å²) >= 11 is 0. The second kappa shape index (κ2) is 5.47. The van der Waals surface area contributed by atoms with Gasteiger partial charge in [0.05, 0.1) is 23.9 Å². The molecule has 5 nitrogen and oxygen atoms in total. The van der Waals surface area contributed by atoms with Gasteiger partial charge in [-0.3, -0.25) is 4.79 Å². The summed E-state index contributed by atoms with van der Waals surface area (Å²) in [5, 5.41) is 11.5. The number of rotatable bonds is 3. The van der Waals surface area contributed by atoms with Crippen LogP contribution < -0.4 is 5.32 Å². The van der Waals surface area contributed by atoms with E-state index in [4.69, 9.17) is 5.26 Å². The molecule has 3 rings (SSSR count). The first-order valence-electron chi connectivity index (χ1n) is 6.47. The van der Waals surface area contributed by atoms with E-state index >= 15 is 0 Å². The van der Waals surface area contributed by atoms with Crippen LogP contribution in [0, 0.1) is 11.3 Å². The van der Waals surface area contributed by atoms with Crippen LogP contribution in [-0.2, 0) is 6.54 Å². The lowest BCUT2D eigenvalue weighted by molar-refractivity contribution is 0.0950. The molecule has 0 saturated heterocycles. The lowest BCUT2D eigenvalue weighted by atomic mass is 10.1. The van der Waals surface area contributed by atoms with Crippen LogP contribution in [0.25, 0.3) is 5.65 Å². The highest BCUT2D eigenvalue weighted by Crippen LogP contribution is 2.06. The molecule has 0 spiro atoms. The molecule has 1 aromatic carbocycles. The lowest BCUT2D eigenvalue weighted by Crippen LogP contribution is -2.22. The Balaban J connectivity index is 1.68. The molecule has 0 aliphatic heterocycles. The molecule has 102 valence electrons. The molecule has 0 unspecified atom stereocenters. The van der Waals surface area contributed by atoms with Gasteiger partial charge in [0, 0.05) is 18.0 Å². The molecule has 1 N–H and O–H groups in total. The molecule has 5 heteroatoms. The minimum Gasteiger partial charge on any atom is -0.346 e. The highest BCUT2D eigenvalue weighted by atomic mass is 16.1. The summed E-state index contributed by atoms with van der Waals surface area (Å²) in [6, 6.07) is 14.3. The van der Waals surface area contributed by atoms with Gasteiger partial charge < -0.3 is 9.72 Å². The number of hydrogen-bond acceptors (Lipinski definition) is 3. The molecule has 0 saturated carbocycles. The first-order chi connectivity index (χ1) is 10.3. The van der Waals surface area contributed by atoms with Crippen molar-refractivity contribution in [1.82, 2.24) is 14.7 Å². The van der Waals surface area contributed by atoms with Crippen molar-refractivity contribution in [1.29, 1.82) is 5.26 Å². The zero-order valence-electron chi connectivity index (χ0n) is 11.2. The number of pyridine rings is 1. The SMILES string of the molecule is N#Cc1ccc(C(=O)NCc2cn3ccccc3n2)cc1. The number of benzene rings is 1. The van der Waals surface area contributed by atoms with Crippen LogP contribution in [-0.4, -0.2) is 15.3 Å². The van der Waals surface area contributed by atoms with E-state index in [1.54, 1.807) is 24.3 Å². The van der Waals surface area contributed by atoms with E-state index in [0.29, 0.717) is 17.7 Å². The van der Waals surface area contributed by atoms with Gasteiger partial charge in [0.1, 0.15) is 5.65 Å². The molecule has 21 heavy (non-hydrogen) atoms. The van der Waals surface area contributed by atoms with Crippen molar-refractivity contribution in [3.05, 3.63) is 71.7 Å². The highest BCUT2D eigenvalue weighted by molar-refractivity contribution is 5.94. The third kappa shape index (κ3) is 2.74. The number of imidazole rings is 1. The summed E-state index contributed by atoms with van der Waals surface area (Å²) in [6.07, 6.45) is 3.79. The molecule has 0 aliphatic rings. The van der Waals surface area contributed by atoms with Crippen molar-refractivity contribution in [2.24, 2.45) is 0 Å². The van der Waals surface area contributed by atoms with Crippen LogP contribution in [0.3, 0.4) is 0 Å². The fourth-order valence-electron chi connectivity index (χ4n) is 2.04. The summed E-state index contributed by atoms with van der Waals surface area (Å²) < 4.78 is 1.91. The van der Waals surface area contributed by atoms with Gasteiger partial charge in [-0.05, 0) is 36.4 Å². The molecule has 0 radical (unpaired) electrons. The Labute approximate surface area is 121 Å². The van der Waals surface area contributed by atoms with Gasteiger partial charge in [0.15, 0.2) is 0 Å². The minimum absolute atomic E-state index is 0.184. The van der Waals surface area contributed by atoms with Crippen LogP contribution in [0.2, 0.25) is 0 Å². The van der Waals surface area contributed by atoms with Crippen molar-refractivity contribution in [2.45, 2.75) is 6.54 Å². The third-order valence-electron chi connectivity index (χ3n) is 3.12. The van der Waals surface area contributed by atoms with Gasteiger partial charge >= 0.3 is 0 Å². The van der Waals surface area contributed by atoms with Gasteiger partial charge in [-0.2, -0.15) is 5.26 Å². The lowest BCUT2D eigenvalue weighted by Gasteiger charge is -2.03. The van der Waals surface area contributed by atoms with E-state index in [1.807, 2.05) is 41.1 Å². The number of amides is 1. The maximum absolute atomic E-state index is 12.0. The van der Waals surface area contributed by atoms with Crippen molar-refractivity contribution >= 4 is 11.6 Å². The topological polar surface area (TPSA) is 70.2 Å². The summed E-state index contributed by atoms with van der Waals surface area (Å²) in [5.41, 5.74) is 2.70. The molecule has 3 aromatic rings. The predicted octanol–water partition coefficient (Wildman–Crippen LogP) is 2.14. The number of nitriles is 1. The largest absolute Gasteiger partial charge is 0.346 e. The fourth-order valence-corrected chi connectivity index (χ4v) is 2.04. The van der Waals surface area contributed by atoms with E-state index < -0.39 is 0 Å². The van der Waals surface area contributed by atoms with Crippen molar-refractivity contribution < 1.29 is 4.79 Å². The Morgan fingerprint density at radius 2 is 2.05 bits per heavy atom. The Morgan fingerprint density at radius 1 is 1.24 bits per heavy atom. The molecule has 2 heterocycles. The van der Waals surface area contributed by atoms with Gasteiger partial charge in [0.25, 0.3) is 5.91 Å². The average molecular weight is 276 g/mol. The van der Waals surface area contributed by atoms with Crippen LogP contribution in [0.5, 0.6) is 0 Å². The van der Waals surface area contributed by atoms with Crippen LogP contribution >= 0.6 is 0 Å². The zero-order chi connectivity index (χ0) is 14.7. The smallest absolute Gasteiger partial charge is 0.251 e. The molecular formula is C16H12N4O. The third-order valence-corrected chi connectivity index (χ3v) is 3.12. The van der Waals surface area contributed by atoms with Crippen LogP contribution in [0.4, 0.5) is 0 Å². The van der Waals surface area contributed by atoms with Crippen molar-refractivity contribution in [3.63, 3.8) is 0 Å². The molecule has 0 atom stereocenters. The van der Waals surface area contributed by atoms with Crippen molar-refractivity contribution in [2.75, 3.05) is 0 Å². The molecular weight excluding hydrogens is 264 g/mol. The summed E-state index contributed by atoms with van der Waals surface area (Å²) in [4.78, 5) is 16.4. The van der Waals surface area contributed by atoms with E-state index in [1.165, 1.54) is 0 Å². The molecule has 1 amide bonds. The summed E-state index contributed by atoms with van der Waals surface area (Å²) in [7, 11) is 0. The highest BCUT2D eigenvalue weighted by Gasteiger charge is 2.07. The van der Waals surface area contributed by atoms with Crippen molar-refractivity contribution in [3.8, 4) is 6.07 Å². The Bertz CT molecular complexity index is 794. The number of fused-ring (bicyclic) bond motifs is 1. The number of nitrogens with one attached hydrogen (secondary N) is 1. The van der Waals surface area contributed by atoms with Crippen LogP contribution in [0.15, 0.2) is 54.9 Å².